The molecular formula is C15H25N3O2. The van der Waals surface area contributed by atoms with E-state index in [0.29, 0.717) is 29.9 Å². The van der Waals surface area contributed by atoms with Crippen molar-refractivity contribution in [3.05, 3.63) is 23.8 Å². The molecule has 1 unspecified atom stereocenters. The predicted molar refractivity (Wildman–Crippen MR) is 82.9 cm³/mol. The number of benzene rings is 1. The Balaban J connectivity index is 2.85. The molecule has 0 fully saturated rings. The highest BCUT2D eigenvalue weighted by atomic mass is 16.3. The van der Waals surface area contributed by atoms with Gasteiger partial charge in [-0.3, -0.25) is 4.79 Å². The summed E-state index contributed by atoms with van der Waals surface area (Å²) in [4.78, 5) is 13.4. The van der Waals surface area contributed by atoms with Crippen molar-refractivity contribution < 1.29 is 9.90 Å². The highest BCUT2D eigenvalue weighted by molar-refractivity contribution is 5.95. The Labute approximate surface area is 120 Å². The Morgan fingerprint density at radius 2 is 2.10 bits per heavy atom. The molecule has 1 aromatic carbocycles. The molecule has 0 aromatic heterocycles. The standard InChI is InChI=1S/C15H25N3O2/c1-5-8-15(2,20)10-17-13-9-11(6-7-12(13)16)14(19)18(3)4/h6-7,9,17,20H,5,8,10,16H2,1-4H3. The van der Waals surface area contributed by atoms with Gasteiger partial charge in [0.1, 0.15) is 0 Å². The van der Waals surface area contributed by atoms with Crippen LogP contribution in [0.15, 0.2) is 18.2 Å². The van der Waals surface area contributed by atoms with E-state index in [1.807, 2.05) is 6.92 Å². The number of carbonyl (C=O) groups excluding carboxylic acids is 1. The summed E-state index contributed by atoms with van der Waals surface area (Å²) in [6.07, 6.45) is 1.61. The molecule has 0 aliphatic carbocycles. The van der Waals surface area contributed by atoms with Crippen LogP contribution in [0, 0.1) is 0 Å². The highest BCUT2D eigenvalue weighted by Gasteiger charge is 2.19. The van der Waals surface area contributed by atoms with Crippen molar-refractivity contribution in [1.82, 2.24) is 4.90 Å². The second-order valence-corrected chi connectivity index (χ2v) is 5.60. The maximum atomic E-state index is 11.9. The third-order valence-electron chi connectivity index (χ3n) is 3.15. The summed E-state index contributed by atoms with van der Waals surface area (Å²) in [5, 5.41) is 13.3. The number of nitrogens with two attached hydrogens (primary N) is 1. The molecule has 112 valence electrons. The first kappa shape index (κ1) is 16.3. The van der Waals surface area contributed by atoms with Crippen LogP contribution in [0.1, 0.15) is 37.0 Å². The van der Waals surface area contributed by atoms with Crippen LogP contribution < -0.4 is 11.1 Å². The first-order valence-electron chi connectivity index (χ1n) is 6.84. The molecule has 0 aliphatic rings. The van der Waals surface area contributed by atoms with E-state index < -0.39 is 5.60 Å². The van der Waals surface area contributed by atoms with Crippen molar-refractivity contribution in [3.8, 4) is 0 Å². The summed E-state index contributed by atoms with van der Waals surface area (Å²) in [5.41, 5.74) is 6.92. The number of rotatable bonds is 6. The fraction of sp³-hybridized carbons (Fsp3) is 0.533. The minimum absolute atomic E-state index is 0.0756. The lowest BCUT2D eigenvalue weighted by atomic mass is 10.0. The minimum Gasteiger partial charge on any atom is -0.397 e. The second kappa shape index (κ2) is 6.61. The van der Waals surface area contributed by atoms with Gasteiger partial charge in [0, 0.05) is 26.2 Å². The Bertz CT molecular complexity index is 470. The zero-order valence-electron chi connectivity index (χ0n) is 12.7. The van der Waals surface area contributed by atoms with Crippen molar-refractivity contribution >= 4 is 17.3 Å². The van der Waals surface area contributed by atoms with Gasteiger partial charge in [-0.05, 0) is 31.5 Å². The van der Waals surface area contributed by atoms with Crippen molar-refractivity contribution in [1.29, 1.82) is 0 Å². The van der Waals surface area contributed by atoms with Crippen LogP contribution in [0.2, 0.25) is 0 Å². The largest absolute Gasteiger partial charge is 0.397 e. The molecule has 1 atom stereocenters. The van der Waals surface area contributed by atoms with Gasteiger partial charge in [-0.2, -0.15) is 0 Å². The molecule has 1 rings (SSSR count). The molecule has 0 saturated heterocycles. The molecule has 0 radical (unpaired) electrons. The van der Waals surface area contributed by atoms with Crippen molar-refractivity contribution in [2.45, 2.75) is 32.3 Å². The van der Waals surface area contributed by atoms with Crippen LogP contribution in [-0.4, -0.2) is 42.2 Å². The SMILES string of the molecule is CCCC(C)(O)CNc1cc(C(=O)N(C)C)ccc1N. The maximum Gasteiger partial charge on any atom is 0.253 e. The molecule has 0 aliphatic heterocycles. The number of nitrogens with zero attached hydrogens (tertiary/aromatic N) is 1. The van der Waals surface area contributed by atoms with E-state index >= 15 is 0 Å². The fourth-order valence-corrected chi connectivity index (χ4v) is 2.01. The third-order valence-corrected chi connectivity index (χ3v) is 3.15. The number of carbonyl (C=O) groups is 1. The Hall–Kier alpha value is -1.75. The fourth-order valence-electron chi connectivity index (χ4n) is 2.01. The average Bonchev–Trinajstić information content (AvgIpc) is 2.36. The summed E-state index contributed by atoms with van der Waals surface area (Å²) in [6.45, 7) is 4.21. The summed E-state index contributed by atoms with van der Waals surface area (Å²) in [5.74, 6) is -0.0756. The quantitative estimate of drug-likeness (QED) is 0.695. The first-order valence-corrected chi connectivity index (χ1v) is 6.84. The van der Waals surface area contributed by atoms with Gasteiger partial charge in [-0.25, -0.2) is 0 Å². The van der Waals surface area contributed by atoms with E-state index in [2.05, 4.69) is 5.32 Å². The molecule has 0 saturated carbocycles. The number of nitrogens with one attached hydrogen (secondary N) is 1. The zero-order chi connectivity index (χ0) is 15.3. The van der Waals surface area contributed by atoms with E-state index in [1.54, 1.807) is 39.2 Å². The molecule has 1 amide bonds. The number of hydrogen-bond donors (Lipinski definition) is 3. The lowest BCUT2D eigenvalue weighted by Crippen LogP contribution is -2.33. The zero-order valence-corrected chi connectivity index (χ0v) is 12.7. The van der Waals surface area contributed by atoms with E-state index in [-0.39, 0.29) is 5.91 Å². The lowest BCUT2D eigenvalue weighted by molar-refractivity contribution is 0.0637. The third kappa shape index (κ3) is 4.42. The van der Waals surface area contributed by atoms with Gasteiger partial charge < -0.3 is 21.1 Å². The average molecular weight is 279 g/mol. The van der Waals surface area contributed by atoms with Gasteiger partial charge in [-0.1, -0.05) is 13.3 Å². The molecule has 0 heterocycles. The Morgan fingerprint density at radius 3 is 2.65 bits per heavy atom. The summed E-state index contributed by atoms with van der Waals surface area (Å²) in [6, 6.07) is 5.13. The van der Waals surface area contributed by atoms with E-state index in [0.717, 1.165) is 6.42 Å². The highest BCUT2D eigenvalue weighted by Crippen LogP contribution is 2.22. The Morgan fingerprint density at radius 1 is 1.45 bits per heavy atom. The van der Waals surface area contributed by atoms with Gasteiger partial charge in [0.15, 0.2) is 0 Å². The minimum atomic E-state index is -0.789. The van der Waals surface area contributed by atoms with Crippen LogP contribution in [0.25, 0.3) is 0 Å². The van der Waals surface area contributed by atoms with Gasteiger partial charge >= 0.3 is 0 Å². The monoisotopic (exact) mass is 279 g/mol. The predicted octanol–water partition coefficient (Wildman–Crippen LogP) is 1.93. The van der Waals surface area contributed by atoms with Crippen molar-refractivity contribution in [3.63, 3.8) is 0 Å². The Kier molecular flexibility index (Phi) is 5.39. The van der Waals surface area contributed by atoms with Crippen molar-refractivity contribution in [2.75, 3.05) is 31.7 Å². The van der Waals surface area contributed by atoms with Gasteiger partial charge in [0.05, 0.1) is 17.0 Å². The van der Waals surface area contributed by atoms with Crippen molar-refractivity contribution in [2.24, 2.45) is 0 Å². The normalized spacial score (nSPS) is 13.7. The number of hydrogen-bond acceptors (Lipinski definition) is 4. The summed E-state index contributed by atoms with van der Waals surface area (Å²) < 4.78 is 0. The van der Waals surface area contributed by atoms with E-state index in [4.69, 9.17) is 5.73 Å². The maximum absolute atomic E-state index is 11.9. The van der Waals surface area contributed by atoms with Crippen LogP contribution in [0.5, 0.6) is 0 Å². The number of aliphatic hydroxyl groups is 1. The number of anilines is 2. The smallest absolute Gasteiger partial charge is 0.253 e. The molecule has 0 spiro atoms. The molecular weight excluding hydrogens is 254 g/mol. The van der Waals surface area contributed by atoms with E-state index in [1.165, 1.54) is 4.90 Å². The topological polar surface area (TPSA) is 78.6 Å². The molecule has 5 nitrogen and oxygen atoms in total. The number of amides is 1. The summed E-state index contributed by atoms with van der Waals surface area (Å²) in [7, 11) is 3.41. The summed E-state index contributed by atoms with van der Waals surface area (Å²) >= 11 is 0. The lowest BCUT2D eigenvalue weighted by Gasteiger charge is -2.24. The van der Waals surface area contributed by atoms with Gasteiger partial charge in [0.2, 0.25) is 0 Å². The van der Waals surface area contributed by atoms with Crippen LogP contribution in [0.3, 0.4) is 0 Å². The van der Waals surface area contributed by atoms with Crippen LogP contribution in [0.4, 0.5) is 11.4 Å². The van der Waals surface area contributed by atoms with Crippen LogP contribution >= 0.6 is 0 Å². The first-order chi connectivity index (χ1) is 9.26. The molecule has 5 heteroatoms. The van der Waals surface area contributed by atoms with Gasteiger partial charge in [0.25, 0.3) is 5.91 Å². The molecule has 20 heavy (non-hydrogen) atoms. The van der Waals surface area contributed by atoms with E-state index in [9.17, 15) is 9.90 Å². The molecule has 0 bridgehead atoms. The molecule has 4 N–H and O–H groups in total. The van der Waals surface area contributed by atoms with Gasteiger partial charge in [-0.15, -0.1) is 0 Å². The second-order valence-electron chi connectivity index (χ2n) is 5.60. The van der Waals surface area contributed by atoms with Crippen LogP contribution in [-0.2, 0) is 0 Å². The molecule has 1 aromatic rings. The number of nitrogen functional groups attached to an aromatic ring is 1.